The molecule has 5 heterocycles. The highest BCUT2D eigenvalue weighted by molar-refractivity contribution is 5.98. The summed E-state index contributed by atoms with van der Waals surface area (Å²) < 4.78 is 15.2. The minimum atomic E-state index is -0.996. The van der Waals surface area contributed by atoms with Crippen molar-refractivity contribution in [1.29, 1.82) is 0 Å². The van der Waals surface area contributed by atoms with E-state index in [4.69, 9.17) is 4.74 Å². The minimum Gasteiger partial charge on any atom is -0.392 e. The lowest BCUT2D eigenvalue weighted by molar-refractivity contribution is -0.997. The Kier molecular flexibility index (Phi) is 8.94. The number of para-hydroxylation sites is 2. The smallest absolute Gasteiger partial charge is 0.392 e. The minimum absolute atomic E-state index is 0.0636. The van der Waals surface area contributed by atoms with Crippen LogP contribution in [0.25, 0.3) is 72.7 Å². The standard InChI is InChI=1S/C60H61N3O/c1-11-58(9,12-2)47-26-21-27-48(59(10,13-3)14-4)53(47)41-30-31-49(38(5)34-41)62-50-28-20-25-43-45-36-42(57(6,7)8)37-46-51-35-40(39-22-16-15-17-23-39)32-33-61(51)60(54(45)46)63(55(43)50)56(62)44-24-18-19-29-52(44)64-60/h15-37H,11-14H2,1-10H3/q+2. The Labute approximate surface area is 379 Å². The Bertz CT molecular complexity index is 3170. The summed E-state index contributed by atoms with van der Waals surface area (Å²) in [5, 5.41) is 0. The number of rotatable bonds is 9. The van der Waals surface area contributed by atoms with E-state index < -0.39 is 5.85 Å². The van der Waals surface area contributed by atoms with Crippen molar-refractivity contribution >= 4 is 11.0 Å². The van der Waals surface area contributed by atoms with Crippen molar-refractivity contribution in [2.45, 2.75) is 117 Å². The molecule has 0 aliphatic carbocycles. The monoisotopic (exact) mass is 839 g/mol. The lowest BCUT2D eigenvalue weighted by Crippen LogP contribution is -2.78. The number of aromatic nitrogens is 3. The van der Waals surface area contributed by atoms with E-state index in [0.717, 1.165) is 48.5 Å². The largest absolute Gasteiger partial charge is 0.499 e. The molecule has 4 nitrogen and oxygen atoms in total. The van der Waals surface area contributed by atoms with Crippen LogP contribution in [-0.2, 0) is 22.1 Å². The second-order valence-electron chi connectivity index (χ2n) is 20.4. The van der Waals surface area contributed by atoms with Crippen LogP contribution in [0, 0.1) is 6.92 Å². The maximum absolute atomic E-state index is 7.67. The Morgan fingerprint density at radius 1 is 0.578 bits per heavy atom. The van der Waals surface area contributed by atoms with Crippen molar-refractivity contribution in [3.05, 3.63) is 167 Å². The molecule has 0 radical (unpaired) electrons. The van der Waals surface area contributed by atoms with E-state index in [0.29, 0.717) is 0 Å². The molecule has 0 bridgehead atoms. The van der Waals surface area contributed by atoms with Gasteiger partial charge in [-0.25, -0.2) is 0 Å². The van der Waals surface area contributed by atoms with Crippen molar-refractivity contribution in [2.75, 3.05) is 0 Å². The summed E-state index contributed by atoms with van der Waals surface area (Å²) in [5.74, 6) is 1.01. The van der Waals surface area contributed by atoms with Gasteiger partial charge in [0.1, 0.15) is 22.6 Å². The summed E-state index contributed by atoms with van der Waals surface area (Å²) in [4.78, 5) is 0. The van der Waals surface area contributed by atoms with E-state index >= 15 is 0 Å². The van der Waals surface area contributed by atoms with Gasteiger partial charge in [0, 0.05) is 23.3 Å². The molecule has 11 rings (SSSR count). The van der Waals surface area contributed by atoms with E-state index in [1.54, 1.807) is 0 Å². The molecule has 1 spiro atoms. The first kappa shape index (κ1) is 40.5. The Hall–Kier alpha value is -6.26. The fourth-order valence-corrected chi connectivity index (χ4v) is 11.5. The second kappa shape index (κ2) is 14.1. The molecule has 2 aromatic heterocycles. The van der Waals surface area contributed by atoms with E-state index in [1.165, 1.54) is 83.5 Å². The third-order valence-corrected chi connectivity index (χ3v) is 16.1. The third kappa shape index (κ3) is 5.41. The maximum Gasteiger partial charge on any atom is 0.499 e. The molecule has 1 atom stereocenters. The molecular weight excluding hydrogens is 779 g/mol. The van der Waals surface area contributed by atoms with Crippen LogP contribution in [0.1, 0.15) is 116 Å². The SMILES string of the molecule is CCC(C)(CC)c1cccc(C(C)(CC)CC)c1-c1ccc(-n2c3[n+]4c5c(cccc52)-c2cc(C(C)(C)C)cc5c2C4(Oc2ccccc2-3)[n+]2ccc(-c3ccccc3)cc2-5)c(C)c1. The predicted octanol–water partition coefficient (Wildman–Crippen LogP) is 14.5. The Morgan fingerprint density at radius 3 is 1.89 bits per heavy atom. The number of benzene rings is 6. The van der Waals surface area contributed by atoms with Gasteiger partial charge in [-0.1, -0.05) is 135 Å². The van der Waals surface area contributed by atoms with Gasteiger partial charge in [0.05, 0.1) is 5.56 Å². The van der Waals surface area contributed by atoms with Crippen molar-refractivity contribution in [3.63, 3.8) is 0 Å². The zero-order chi connectivity index (χ0) is 44.5. The maximum atomic E-state index is 7.67. The Balaban J connectivity index is 1.23. The number of aryl methyl sites for hydroxylation is 1. The van der Waals surface area contributed by atoms with Crippen molar-refractivity contribution in [3.8, 4) is 67.5 Å². The molecule has 64 heavy (non-hydrogen) atoms. The summed E-state index contributed by atoms with van der Waals surface area (Å²) in [6.45, 7) is 23.7. The van der Waals surface area contributed by atoms with Gasteiger partial charge in [-0.2, -0.15) is 4.57 Å². The average Bonchev–Trinajstić information content (AvgIpc) is 3.81. The molecule has 0 saturated carbocycles. The summed E-state index contributed by atoms with van der Waals surface area (Å²) in [5.41, 5.74) is 21.3. The van der Waals surface area contributed by atoms with Gasteiger partial charge in [-0.15, -0.1) is 9.13 Å². The first-order chi connectivity index (χ1) is 30.8. The number of nitrogens with zero attached hydrogens (tertiary/aromatic N) is 3. The molecule has 8 aromatic rings. The van der Waals surface area contributed by atoms with Gasteiger partial charge >= 0.3 is 11.7 Å². The zero-order valence-electron chi connectivity index (χ0n) is 39.4. The molecular formula is C60H61N3O+2. The van der Waals surface area contributed by atoms with Gasteiger partial charge in [0.2, 0.25) is 5.69 Å². The van der Waals surface area contributed by atoms with Crippen LogP contribution < -0.4 is 13.9 Å². The molecule has 0 amide bonds. The lowest BCUT2D eigenvalue weighted by Gasteiger charge is -2.36. The van der Waals surface area contributed by atoms with Crippen LogP contribution in [-0.4, -0.2) is 4.57 Å². The first-order valence-electron chi connectivity index (χ1n) is 23.8. The molecule has 320 valence electrons. The molecule has 4 heteroatoms. The number of fused-ring (bicyclic) bond motifs is 5. The molecule has 3 aliphatic rings. The lowest BCUT2D eigenvalue weighted by atomic mass is 9.68. The molecule has 0 fully saturated rings. The number of ether oxygens (including phenoxy) is 1. The fraction of sp³-hybridized carbons (Fsp3) is 0.300. The average molecular weight is 840 g/mol. The van der Waals surface area contributed by atoms with E-state index in [-0.39, 0.29) is 16.2 Å². The van der Waals surface area contributed by atoms with Gasteiger partial charge in [-0.3, -0.25) is 0 Å². The summed E-state index contributed by atoms with van der Waals surface area (Å²) in [6.07, 6.45) is 6.63. The van der Waals surface area contributed by atoms with E-state index in [9.17, 15) is 0 Å². The first-order valence-corrected chi connectivity index (χ1v) is 23.8. The number of pyridine rings is 1. The van der Waals surface area contributed by atoms with Gasteiger partial charge in [-0.05, 0) is 142 Å². The summed E-state index contributed by atoms with van der Waals surface area (Å²) in [7, 11) is 0. The number of hydrogen-bond donors (Lipinski definition) is 0. The zero-order valence-corrected chi connectivity index (χ0v) is 39.4. The number of imidazole rings is 1. The summed E-state index contributed by atoms with van der Waals surface area (Å²) >= 11 is 0. The highest BCUT2D eigenvalue weighted by Gasteiger charge is 2.68. The van der Waals surface area contributed by atoms with Crippen LogP contribution in [0.5, 0.6) is 5.75 Å². The van der Waals surface area contributed by atoms with E-state index in [1.807, 2.05) is 0 Å². The molecule has 6 aromatic carbocycles. The number of hydrogen-bond acceptors (Lipinski definition) is 1. The van der Waals surface area contributed by atoms with Crippen LogP contribution in [0.2, 0.25) is 0 Å². The van der Waals surface area contributed by atoms with Crippen LogP contribution in [0.15, 0.2) is 140 Å². The topological polar surface area (TPSA) is 21.9 Å². The second-order valence-corrected chi connectivity index (χ2v) is 20.4. The summed E-state index contributed by atoms with van der Waals surface area (Å²) in [6, 6.07) is 50.4. The molecule has 1 unspecified atom stereocenters. The highest BCUT2D eigenvalue weighted by Crippen LogP contribution is 2.55. The normalized spacial score (nSPS) is 15.8. The fourth-order valence-electron chi connectivity index (χ4n) is 11.5. The van der Waals surface area contributed by atoms with Crippen molar-refractivity contribution in [2.24, 2.45) is 0 Å². The predicted molar refractivity (Wildman–Crippen MR) is 263 cm³/mol. The van der Waals surface area contributed by atoms with Gasteiger partial charge in [0.25, 0.3) is 0 Å². The van der Waals surface area contributed by atoms with Crippen molar-refractivity contribution in [1.82, 2.24) is 4.57 Å². The van der Waals surface area contributed by atoms with Gasteiger partial charge in [0.15, 0.2) is 17.2 Å². The Morgan fingerprint density at radius 2 is 1.22 bits per heavy atom. The molecule has 0 saturated heterocycles. The molecule has 3 aliphatic heterocycles. The van der Waals surface area contributed by atoms with Crippen LogP contribution in [0.4, 0.5) is 0 Å². The van der Waals surface area contributed by atoms with Crippen LogP contribution >= 0.6 is 0 Å². The van der Waals surface area contributed by atoms with Crippen molar-refractivity contribution < 1.29 is 13.9 Å². The van der Waals surface area contributed by atoms with E-state index in [2.05, 4.69) is 223 Å². The quantitative estimate of drug-likeness (QED) is 0.133. The molecule has 0 N–H and O–H groups in total. The van der Waals surface area contributed by atoms with Gasteiger partial charge < -0.3 is 4.74 Å². The van der Waals surface area contributed by atoms with Crippen LogP contribution in [0.3, 0.4) is 0 Å². The highest BCUT2D eigenvalue weighted by atomic mass is 16.5. The third-order valence-electron chi connectivity index (χ3n) is 16.1.